The lowest BCUT2D eigenvalue weighted by Crippen LogP contribution is -2.59. The third-order valence-corrected chi connectivity index (χ3v) is 9.35. The van der Waals surface area contributed by atoms with Crippen LogP contribution in [-0.2, 0) is 17.6 Å². The average molecular weight is 517 g/mol. The predicted molar refractivity (Wildman–Crippen MR) is 140 cm³/mol. The molecule has 7 nitrogen and oxygen atoms in total. The number of hydrogen-bond acceptors (Lipinski definition) is 7. The van der Waals surface area contributed by atoms with E-state index in [2.05, 4.69) is 20.9 Å². The Bertz CT molecular complexity index is 1420. The first-order chi connectivity index (χ1) is 17.9. The Kier molecular flexibility index (Phi) is 5.95. The van der Waals surface area contributed by atoms with Gasteiger partial charge in [-0.1, -0.05) is 6.92 Å². The molecular weight excluding hydrogens is 487 g/mol. The van der Waals surface area contributed by atoms with E-state index in [0.717, 1.165) is 62.4 Å². The smallest absolute Gasteiger partial charge is 0.222 e. The predicted octanol–water partition coefficient (Wildman–Crippen LogP) is 4.64. The molecule has 1 atom stereocenters. The number of fused-ring (bicyclic) bond motifs is 1. The molecule has 3 aromatic heterocycles. The van der Waals surface area contributed by atoms with Crippen LogP contribution in [-0.4, -0.2) is 51.9 Å². The fourth-order valence-corrected chi connectivity index (χ4v) is 7.32. The third kappa shape index (κ3) is 3.98. The van der Waals surface area contributed by atoms with E-state index in [4.69, 9.17) is 4.98 Å². The van der Waals surface area contributed by atoms with Crippen molar-refractivity contribution in [3.8, 4) is 17.3 Å². The highest BCUT2D eigenvalue weighted by Crippen LogP contribution is 2.46. The molecule has 190 valence electrons. The molecule has 5 heterocycles. The molecule has 1 aliphatic carbocycles. The summed E-state index contributed by atoms with van der Waals surface area (Å²) in [6, 6.07) is 5.36. The van der Waals surface area contributed by atoms with Gasteiger partial charge in [-0.05, 0) is 50.3 Å². The van der Waals surface area contributed by atoms with Crippen LogP contribution < -0.4 is 4.90 Å². The number of pyridine rings is 2. The van der Waals surface area contributed by atoms with Gasteiger partial charge in [0.25, 0.3) is 0 Å². The van der Waals surface area contributed by atoms with Crippen LogP contribution >= 0.6 is 11.3 Å². The lowest BCUT2D eigenvalue weighted by atomic mass is 9.79. The number of nitrogens with zero attached hydrogens (tertiary/aromatic N) is 6. The first-order valence-electron chi connectivity index (χ1n) is 12.9. The molecule has 3 aromatic rings. The van der Waals surface area contributed by atoms with Crippen LogP contribution in [0, 0.1) is 29.5 Å². The van der Waals surface area contributed by atoms with E-state index in [9.17, 15) is 10.1 Å². The van der Waals surface area contributed by atoms with E-state index in [1.54, 1.807) is 23.6 Å². The number of carbonyl (C=O) groups is 1. The first-order valence-corrected chi connectivity index (χ1v) is 13.8. The fourth-order valence-electron chi connectivity index (χ4n) is 6.38. The van der Waals surface area contributed by atoms with Gasteiger partial charge < -0.3 is 9.80 Å². The van der Waals surface area contributed by atoms with Gasteiger partial charge in [-0.2, -0.15) is 5.26 Å². The molecule has 0 radical (unpaired) electrons. The summed E-state index contributed by atoms with van der Waals surface area (Å²) < 4.78 is 15.1. The number of nitriles is 1. The van der Waals surface area contributed by atoms with Gasteiger partial charge in [-0.15, -0.1) is 11.3 Å². The number of hydrogen-bond donors (Lipinski definition) is 0. The van der Waals surface area contributed by atoms with Gasteiger partial charge in [0, 0.05) is 66.3 Å². The number of halogens is 1. The summed E-state index contributed by atoms with van der Waals surface area (Å²) in [5.41, 5.74) is 6.07. The third-order valence-electron chi connectivity index (χ3n) is 8.25. The molecule has 0 bridgehead atoms. The SMILES string of the molecule is CCC(=O)N1CC2(CCN(c3nc4c(c(-c5ncccc5F)c3C#N)CC[C@@H](c3scnc3C)C4)C2)C1. The zero-order valence-corrected chi connectivity index (χ0v) is 21.9. The number of aromatic nitrogens is 3. The molecule has 2 fully saturated rings. The van der Waals surface area contributed by atoms with Gasteiger partial charge in [-0.3, -0.25) is 9.78 Å². The summed E-state index contributed by atoms with van der Waals surface area (Å²) in [6.07, 6.45) is 5.39. The van der Waals surface area contributed by atoms with Crippen molar-refractivity contribution < 1.29 is 9.18 Å². The molecule has 2 aliphatic heterocycles. The number of aryl methyl sites for hydroxylation is 1. The Balaban J connectivity index is 1.42. The molecule has 6 rings (SSSR count). The maximum absolute atomic E-state index is 15.1. The van der Waals surface area contributed by atoms with Crippen molar-refractivity contribution in [3.63, 3.8) is 0 Å². The van der Waals surface area contributed by atoms with Crippen LogP contribution in [0.1, 0.15) is 59.5 Å². The Morgan fingerprint density at radius 3 is 2.86 bits per heavy atom. The van der Waals surface area contributed by atoms with E-state index < -0.39 is 5.82 Å². The summed E-state index contributed by atoms with van der Waals surface area (Å²) in [5, 5.41) is 10.4. The molecule has 0 unspecified atom stereocenters. The molecule has 37 heavy (non-hydrogen) atoms. The van der Waals surface area contributed by atoms with Crippen molar-refractivity contribution in [2.75, 3.05) is 31.1 Å². The van der Waals surface area contributed by atoms with E-state index in [1.165, 1.54) is 10.9 Å². The van der Waals surface area contributed by atoms with Crippen LogP contribution in [0.15, 0.2) is 23.8 Å². The van der Waals surface area contributed by atoms with Crippen molar-refractivity contribution >= 4 is 23.1 Å². The molecule has 0 N–H and O–H groups in total. The fraction of sp³-hybridized carbons (Fsp3) is 0.464. The highest BCUT2D eigenvalue weighted by molar-refractivity contribution is 7.09. The monoisotopic (exact) mass is 516 g/mol. The minimum absolute atomic E-state index is 0.0355. The molecule has 2 saturated heterocycles. The lowest BCUT2D eigenvalue weighted by Gasteiger charge is -2.48. The van der Waals surface area contributed by atoms with Gasteiger partial charge in [0.15, 0.2) is 0 Å². The number of likely N-dealkylation sites (tertiary alicyclic amines) is 1. The second-order valence-electron chi connectivity index (χ2n) is 10.6. The van der Waals surface area contributed by atoms with Gasteiger partial charge >= 0.3 is 0 Å². The molecule has 1 amide bonds. The van der Waals surface area contributed by atoms with E-state index in [0.29, 0.717) is 35.7 Å². The largest absolute Gasteiger partial charge is 0.355 e. The average Bonchev–Trinajstić information content (AvgIpc) is 3.53. The molecule has 9 heteroatoms. The minimum Gasteiger partial charge on any atom is -0.355 e. The maximum Gasteiger partial charge on any atom is 0.222 e. The quantitative estimate of drug-likeness (QED) is 0.502. The van der Waals surface area contributed by atoms with Crippen LogP contribution in [0.2, 0.25) is 0 Å². The highest BCUT2D eigenvalue weighted by Gasteiger charge is 2.49. The van der Waals surface area contributed by atoms with E-state index >= 15 is 4.39 Å². The van der Waals surface area contributed by atoms with Crippen LogP contribution in [0.4, 0.5) is 10.2 Å². The van der Waals surface area contributed by atoms with Crippen LogP contribution in [0.5, 0.6) is 0 Å². The van der Waals surface area contributed by atoms with Crippen molar-refractivity contribution in [1.29, 1.82) is 5.26 Å². The summed E-state index contributed by atoms with van der Waals surface area (Å²) in [4.78, 5) is 31.5. The van der Waals surface area contributed by atoms with Gasteiger partial charge in [-0.25, -0.2) is 14.4 Å². The van der Waals surface area contributed by atoms with Crippen molar-refractivity contribution in [3.05, 3.63) is 57.0 Å². The second-order valence-corrected chi connectivity index (χ2v) is 11.5. The van der Waals surface area contributed by atoms with Crippen molar-refractivity contribution in [1.82, 2.24) is 19.9 Å². The normalized spacial score (nSPS) is 20.0. The number of thiazole rings is 1. The Hall–Kier alpha value is -3.38. The van der Waals surface area contributed by atoms with Gasteiger partial charge in [0.05, 0.1) is 11.2 Å². The topological polar surface area (TPSA) is 86.0 Å². The molecule has 0 saturated carbocycles. The van der Waals surface area contributed by atoms with Crippen molar-refractivity contribution in [2.24, 2.45) is 5.41 Å². The Morgan fingerprint density at radius 1 is 1.32 bits per heavy atom. The molecule has 0 aromatic carbocycles. The number of carbonyl (C=O) groups excluding carboxylic acids is 1. The number of anilines is 1. The summed E-state index contributed by atoms with van der Waals surface area (Å²) in [6.45, 7) is 6.93. The zero-order chi connectivity index (χ0) is 25.7. The summed E-state index contributed by atoms with van der Waals surface area (Å²) in [7, 11) is 0. The summed E-state index contributed by atoms with van der Waals surface area (Å²) in [5.74, 6) is 0.690. The van der Waals surface area contributed by atoms with Crippen LogP contribution in [0.3, 0.4) is 0 Å². The van der Waals surface area contributed by atoms with Crippen molar-refractivity contribution in [2.45, 2.75) is 51.9 Å². The Labute approximate surface area is 220 Å². The van der Waals surface area contributed by atoms with Gasteiger partial charge in [0.1, 0.15) is 29.0 Å². The van der Waals surface area contributed by atoms with E-state index in [-0.39, 0.29) is 17.0 Å². The second kappa shape index (κ2) is 9.18. The molecule has 3 aliphatic rings. The lowest BCUT2D eigenvalue weighted by molar-refractivity contribution is -0.141. The maximum atomic E-state index is 15.1. The number of rotatable bonds is 4. The molecule has 1 spiro atoms. The number of amides is 1. The van der Waals surface area contributed by atoms with E-state index in [1.807, 2.05) is 24.3 Å². The van der Waals surface area contributed by atoms with Crippen LogP contribution in [0.25, 0.3) is 11.3 Å². The zero-order valence-electron chi connectivity index (χ0n) is 21.1. The first kappa shape index (κ1) is 24.0. The molecular formula is C28H29FN6OS. The standard InChI is InChI=1S/C28H29FN6OS/c1-3-23(36)35-14-28(15-35)8-10-34(13-28)27-20(12-30)24(25-21(29)5-4-9-31-25)19-7-6-18(11-22(19)33-27)26-17(2)32-16-37-26/h4-5,9,16,18H,3,6-8,10-11,13-15H2,1-2H3/t18-/m1/s1. The highest BCUT2D eigenvalue weighted by atomic mass is 32.1. The Morgan fingerprint density at radius 2 is 2.16 bits per heavy atom. The van der Waals surface area contributed by atoms with Gasteiger partial charge in [0.2, 0.25) is 5.91 Å². The summed E-state index contributed by atoms with van der Waals surface area (Å²) >= 11 is 1.68. The minimum atomic E-state index is -0.427.